The molecule has 0 unspecified atom stereocenters. The Balaban J connectivity index is 0.00000408. The molecule has 1 atom stereocenters. The van der Waals surface area contributed by atoms with Crippen molar-refractivity contribution in [2.45, 2.75) is 35.7 Å². The van der Waals surface area contributed by atoms with E-state index >= 15 is 0 Å². The Bertz CT molecular complexity index is 1230. The monoisotopic (exact) mass is 509 g/mol. The van der Waals surface area contributed by atoms with Gasteiger partial charge in [-0.3, -0.25) is 0 Å². The van der Waals surface area contributed by atoms with Crippen LogP contribution in [-0.4, -0.2) is 32.6 Å². The van der Waals surface area contributed by atoms with Gasteiger partial charge in [0.1, 0.15) is 0 Å². The zero-order chi connectivity index (χ0) is 24.0. The molecule has 0 bridgehead atoms. The molecule has 0 saturated carbocycles. The van der Waals surface area contributed by atoms with Crippen LogP contribution in [0.3, 0.4) is 0 Å². The van der Waals surface area contributed by atoms with E-state index in [1.165, 1.54) is 25.1 Å². The van der Waals surface area contributed by atoms with Crippen molar-refractivity contribution in [1.82, 2.24) is 5.32 Å². The minimum Gasteiger partial charge on any atom is -0.545 e. The molecule has 0 amide bonds. The third-order valence-electron chi connectivity index (χ3n) is 5.35. The van der Waals surface area contributed by atoms with Gasteiger partial charge in [-0.1, -0.05) is 41.9 Å². The molecule has 0 fully saturated rings. The molecular weight excluding hydrogens is 485 g/mol. The van der Waals surface area contributed by atoms with Crippen LogP contribution in [0.4, 0.5) is 0 Å². The summed E-state index contributed by atoms with van der Waals surface area (Å²) in [5, 5.41) is 25.1. The smallest absolute Gasteiger partial charge is 0.545 e. The van der Waals surface area contributed by atoms with Crippen molar-refractivity contribution in [2.75, 3.05) is 13.1 Å². The van der Waals surface area contributed by atoms with Crippen LogP contribution in [0.25, 0.3) is 0 Å². The normalized spacial score (nSPS) is 12.1. The van der Waals surface area contributed by atoms with E-state index in [1.807, 2.05) is 6.07 Å². The van der Waals surface area contributed by atoms with Crippen LogP contribution in [0.2, 0.25) is 5.02 Å². The summed E-state index contributed by atoms with van der Waals surface area (Å²) in [5.41, 5.74) is 2.06. The van der Waals surface area contributed by atoms with Gasteiger partial charge in [-0.2, -0.15) is 0 Å². The van der Waals surface area contributed by atoms with Crippen molar-refractivity contribution >= 4 is 27.4 Å². The minimum absolute atomic E-state index is 0. The standard InChI is InChI=1S/C25H26ClNO5S.Na/c1-17-14-22(11-12-23(17)25(29)30)33(31,32)21-9-7-18(8-10-21)4-3-13-27-16-24(28)19-5-2-6-20(26)15-19;/h2,5-12,14-15,24,27-28H,3-4,13,16H2,1H3,(H,29,30);/q;+1/p-1/t24-;/m0./s1. The van der Waals surface area contributed by atoms with E-state index in [2.05, 4.69) is 5.32 Å². The zero-order valence-corrected chi connectivity index (χ0v) is 22.7. The number of carbonyl (C=O) groups is 1. The number of carbonyl (C=O) groups excluding carboxylic acids is 1. The maximum atomic E-state index is 12.9. The Kier molecular flexibility index (Phi) is 10.8. The van der Waals surface area contributed by atoms with Gasteiger partial charge in [0.15, 0.2) is 0 Å². The number of hydrogen-bond donors (Lipinski definition) is 2. The molecule has 0 aliphatic carbocycles. The first kappa shape index (κ1) is 28.5. The summed E-state index contributed by atoms with van der Waals surface area (Å²) in [6.45, 7) is 2.64. The van der Waals surface area contributed by atoms with Crippen LogP contribution >= 0.6 is 11.6 Å². The molecule has 0 aliphatic heterocycles. The second-order valence-electron chi connectivity index (χ2n) is 7.79. The second-order valence-corrected chi connectivity index (χ2v) is 10.2. The fourth-order valence-electron chi connectivity index (χ4n) is 3.49. The number of nitrogens with one attached hydrogen (secondary N) is 1. The summed E-state index contributed by atoms with van der Waals surface area (Å²) in [6.07, 6.45) is 0.927. The van der Waals surface area contributed by atoms with Gasteiger partial charge in [-0.25, -0.2) is 8.42 Å². The van der Waals surface area contributed by atoms with E-state index < -0.39 is 21.9 Å². The van der Waals surface area contributed by atoms with E-state index in [0.29, 0.717) is 23.7 Å². The van der Waals surface area contributed by atoms with E-state index in [9.17, 15) is 23.4 Å². The molecule has 0 radical (unpaired) electrons. The number of carboxylic acids is 1. The number of carboxylic acid groups (broad SMARTS) is 1. The Hall–Kier alpha value is -1.71. The number of hydrogen-bond acceptors (Lipinski definition) is 6. The average Bonchev–Trinajstić information content (AvgIpc) is 2.78. The van der Waals surface area contributed by atoms with Crippen molar-refractivity contribution in [1.29, 1.82) is 0 Å². The van der Waals surface area contributed by atoms with Crippen LogP contribution in [0, 0.1) is 6.92 Å². The Labute approximate surface area is 227 Å². The number of halogens is 1. The summed E-state index contributed by atoms with van der Waals surface area (Å²) < 4.78 is 25.7. The fourth-order valence-corrected chi connectivity index (χ4v) is 5.04. The number of rotatable bonds is 10. The number of aryl methyl sites for hydroxylation is 2. The maximum absolute atomic E-state index is 12.9. The van der Waals surface area contributed by atoms with Crippen LogP contribution < -0.4 is 40.0 Å². The summed E-state index contributed by atoms with van der Waals surface area (Å²) in [4.78, 5) is 11.2. The third-order valence-corrected chi connectivity index (χ3v) is 7.35. The van der Waals surface area contributed by atoms with Gasteiger partial charge in [0.05, 0.1) is 21.9 Å². The van der Waals surface area contributed by atoms with E-state index in [4.69, 9.17) is 11.6 Å². The molecular formula is C25H25ClNNaO5S. The number of sulfone groups is 1. The molecule has 0 aromatic heterocycles. The average molecular weight is 510 g/mol. The van der Waals surface area contributed by atoms with Crippen LogP contribution in [0.15, 0.2) is 76.5 Å². The van der Waals surface area contributed by atoms with E-state index in [0.717, 1.165) is 24.0 Å². The summed E-state index contributed by atoms with van der Waals surface area (Å²) in [5.74, 6) is -1.34. The Morgan fingerprint density at radius 1 is 1.06 bits per heavy atom. The topological polar surface area (TPSA) is 107 Å². The van der Waals surface area contributed by atoms with Gasteiger partial charge in [-0.15, -0.1) is 0 Å². The summed E-state index contributed by atoms with van der Waals surface area (Å²) in [6, 6.07) is 17.7. The number of aromatic carboxylic acids is 1. The first-order valence-electron chi connectivity index (χ1n) is 10.5. The first-order chi connectivity index (χ1) is 15.7. The molecule has 0 aliphatic rings. The largest absolute Gasteiger partial charge is 1.00 e. The predicted molar refractivity (Wildman–Crippen MR) is 125 cm³/mol. The third kappa shape index (κ3) is 7.39. The predicted octanol–water partition coefficient (Wildman–Crippen LogP) is 0.105. The van der Waals surface area contributed by atoms with Gasteiger partial charge in [-0.05, 0) is 79.4 Å². The number of aliphatic hydroxyl groups is 1. The van der Waals surface area contributed by atoms with Gasteiger partial charge in [0, 0.05) is 17.1 Å². The molecule has 3 aromatic carbocycles. The van der Waals surface area contributed by atoms with E-state index in [-0.39, 0.29) is 44.9 Å². The quantitative estimate of drug-likeness (QED) is 0.297. The number of benzene rings is 3. The van der Waals surface area contributed by atoms with Gasteiger partial charge in [0.25, 0.3) is 0 Å². The molecule has 34 heavy (non-hydrogen) atoms. The molecule has 0 heterocycles. The fraction of sp³-hybridized carbons (Fsp3) is 0.240. The summed E-state index contributed by atoms with van der Waals surface area (Å²) in [7, 11) is -3.75. The number of aliphatic hydroxyl groups excluding tert-OH is 1. The van der Waals surface area contributed by atoms with E-state index in [1.54, 1.807) is 42.5 Å². The molecule has 174 valence electrons. The van der Waals surface area contributed by atoms with Crippen molar-refractivity contribution in [3.05, 3.63) is 94.0 Å². The van der Waals surface area contributed by atoms with Gasteiger partial charge >= 0.3 is 29.6 Å². The SMILES string of the molecule is Cc1cc(S(=O)(=O)c2ccc(CCCNC[C@H](O)c3cccc(Cl)c3)cc2)ccc1C(=O)[O-].[Na+]. The zero-order valence-electron chi connectivity index (χ0n) is 19.1. The molecule has 9 heteroatoms. The molecule has 0 saturated heterocycles. The van der Waals surface area contributed by atoms with Gasteiger partial charge in [0.2, 0.25) is 9.84 Å². The van der Waals surface area contributed by atoms with Crippen molar-refractivity contribution in [3.8, 4) is 0 Å². The Morgan fingerprint density at radius 2 is 1.74 bits per heavy atom. The molecule has 2 N–H and O–H groups in total. The van der Waals surface area contributed by atoms with Crippen LogP contribution in [0.1, 0.15) is 39.6 Å². The van der Waals surface area contributed by atoms with Crippen LogP contribution in [0.5, 0.6) is 0 Å². The van der Waals surface area contributed by atoms with Crippen LogP contribution in [-0.2, 0) is 16.3 Å². The van der Waals surface area contributed by atoms with Crippen molar-refractivity contribution < 1.29 is 53.0 Å². The minimum atomic E-state index is -3.75. The Morgan fingerprint density at radius 3 is 2.35 bits per heavy atom. The van der Waals surface area contributed by atoms with Crippen molar-refractivity contribution in [2.24, 2.45) is 0 Å². The maximum Gasteiger partial charge on any atom is 1.00 e. The molecule has 6 nitrogen and oxygen atoms in total. The van der Waals surface area contributed by atoms with Gasteiger partial charge < -0.3 is 20.3 Å². The van der Waals surface area contributed by atoms with Crippen molar-refractivity contribution in [3.63, 3.8) is 0 Å². The summed E-state index contributed by atoms with van der Waals surface area (Å²) >= 11 is 5.95. The first-order valence-corrected chi connectivity index (χ1v) is 12.3. The second kappa shape index (κ2) is 12.8. The molecule has 3 aromatic rings. The molecule has 0 spiro atoms. The molecule has 3 rings (SSSR count).